The largest absolute Gasteiger partial charge is 0.478 e. The summed E-state index contributed by atoms with van der Waals surface area (Å²) in [6.07, 6.45) is 4.97. The molecule has 0 aliphatic carbocycles. The number of carbonyl (C=O) groups is 5. The molecule has 3 atom stereocenters. The minimum Gasteiger partial charge on any atom is -0.478 e. The number of ether oxygens (including phenoxy) is 5. The Labute approximate surface area is 358 Å². The fourth-order valence-electron chi connectivity index (χ4n) is 7.11. The van der Waals surface area contributed by atoms with E-state index in [2.05, 4.69) is 62.3 Å². The smallest absolute Gasteiger partial charge is 0.336 e. The van der Waals surface area contributed by atoms with E-state index in [-0.39, 0.29) is 66.1 Å². The van der Waals surface area contributed by atoms with Gasteiger partial charge in [0.05, 0.1) is 35.7 Å². The lowest BCUT2D eigenvalue weighted by Gasteiger charge is -2.50. The van der Waals surface area contributed by atoms with Crippen LogP contribution < -0.4 is 0 Å². The van der Waals surface area contributed by atoms with Crippen LogP contribution in [-0.4, -0.2) is 86.9 Å². The van der Waals surface area contributed by atoms with Gasteiger partial charge in [-0.25, -0.2) is 4.79 Å². The van der Waals surface area contributed by atoms with Crippen LogP contribution in [-0.2, 0) is 38.1 Å². The Bertz CT molecular complexity index is 1420. The van der Waals surface area contributed by atoms with Crippen LogP contribution >= 0.6 is 0 Å². The molecule has 1 rings (SSSR count). The predicted molar refractivity (Wildman–Crippen MR) is 236 cm³/mol. The lowest BCUT2D eigenvalue weighted by Crippen LogP contribution is -2.50. The van der Waals surface area contributed by atoms with Gasteiger partial charge in [0.15, 0.2) is 12.1 Å². The second-order valence-corrected chi connectivity index (χ2v) is 19.4. The van der Waals surface area contributed by atoms with E-state index in [9.17, 15) is 24.0 Å². The maximum Gasteiger partial charge on any atom is 0.336 e. The Kier molecular flexibility index (Phi) is 25.8. The normalized spacial score (nSPS) is 14.6. The van der Waals surface area contributed by atoms with Crippen LogP contribution in [0.3, 0.4) is 0 Å². The molecule has 342 valence electrons. The van der Waals surface area contributed by atoms with E-state index in [1.165, 1.54) is 12.1 Å². The maximum atomic E-state index is 13.9. The molecule has 0 bridgehead atoms. The van der Waals surface area contributed by atoms with Crippen LogP contribution in [0.15, 0.2) is 24.3 Å². The number of hydrogen-bond donors (Lipinski definition) is 1. The van der Waals surface area contributed by atoms with Crippen molar-refractivity contribution in [3.05, 3.63) is 35.4 Å². The number of carboxylic acids is 1. The van der Waals surface area contributed by atoms with Gasteiger partial charge in [-0.05, 0) is 95.5 Å². The van der Waals surface area contributed by atoms with Crippen LogP contribution in [0.5, 0.6) is 0 Å². The molecule has 0 saturated heterocycles. The van der Waals surface area contributed by atoms with E-state index in [0.717, 1.165) is 19.3 Å². The van der Waals surface area contributed by atoms with Crippen LogP contribution in [0.2, 0.25) is 0 Å². The molecule has 0 radical (unpaired) electrons. The number of aldehydes is 1. The summed E-state index contributed by atoms with van der Waals surface area (Å²) in [5.74, 6) is -1.71. The fraction of sp³-hybridized carbons (Fsp3) is 0.771. The topological polar surface area (TPSA) is 152 Å². The second-order valence-electron chi connectivity index (χ2n) is 19.4. The highest BCUT2D eigenvalue weighted by Crippen LogP contribution is 2.55. The van der Waals surface area contributed by atoms with Gasteiger partial charge in [0.2, 0.25) is 0 Å². The van der Waals surface area contributed by atoms with E-state index < -0.39 is 33.2 Å². The molecule has 0 aliphatic rings. The molecule has 3 unspecified atom stereocenters. The zero-order valence-corrected chi connectivity index (χ0v) is 40.3. The first-order valence-corrected chi connectivity index (χ1v) is 21.4. The van der Waals surface area contributed by atoms with Gasteiger partial charge in [-0.1, -0.05) is 101 Å². The van der Waals surface area contributed by atoms with Gasteiger partial charge in [-0.2, -0.15) is 0 Å². The van der Waals surface area contributed by atoms with E-state index >= 15 is 0 Å². The van der Waals surface area contributed by atoms with Gasteiger partial charge in [-0.15, -0.1) is 0 Å². The SMILES string of the molecule is CC.COCCOC(=O)C(C)(CC(C)(C)C)C(C)C(C)(C)CC(C)(C(=O)OCCOC(C)(C)C(=O)CCCCCOC(C)C)C(C)(C)C.O=Cc1ccccc1C(=O)O. The number of aromatic carboxylic acids is 1. The zero-order valence-electron chi connectivity index (χ0n) is 40.3. The average Bonchev–Trinajstić information content (AvgIpc) is 3.13. The summed E-state index contributed by atoms with van der Waals surface area (Å²) in [6.45, 7) is 35.9. The summed E-state index contributed by atoms with van der Waals surface area (Å²) in [4.78, 5) is 61.0. The Morgan fingerprint density at radius 1 is 0.712 bits per heavy atom. The maximum absolute atomic E-state index is 13.9. The van der Waals surface area contributed by atoms with Gasteiger partial charge < -0.3 is 28.8 Å². The number of carboxylic acid groups (broad SMARTS) is 1. The first-order chi connectivity index (χ1) is 27.0. The lowest BCUT2D eigenvalue weighted by molar-refractivity contribution is -0.173. The summed E-state index contributed by atoms with van der Waals surface area (Å²) < 4.78 is 28.2. The van der Waals surface area contributed by atoms with E-state index in [1.54, 1.807) is 33.1 Å². The highest BCUT2D eigenvalue weighted by Gasteiger charge is 2.54. The molecule has 11 heteroatoms. The Morgan fingerprint density at radius 2 is 1.25 bits per heavy atom. The van der Waals surface area contributed by atoms with Gasteiger partial charge in [0, 0.05) is 25.7 Å². The van der Waals surface area contributed by atoms with Gasteiger partial charge in [0.1, 0.15) is 18.8 Å². The molecule has 1 aromatic rings. The third kappa shape index (κ3) is 20.3. The molecule has 11 nitrogen and oxygen atoms in total. The predicted octanol–water partition coefficient (Wildman–Crippen LogP) is 10.8. The van der Waals surface area contributed by atoms with Crippen LogP contribution in [0.25, 0.3) is 0 Å². The Balaban J connectivity index is 0. The fourth-order valence-corrected chi connectivity index (χ4v) is 7.11. The quantitative estimate of drug-likeness (QED) is 0.0601. The van der Waals surface area contributed by atoms with Crippen LogP contribution in [0.1, 0.15) is 177 Å². The second kappa shape index (κ2) is 26.2. The number of Topliss-reactive ketones (excluding diaryl/α,β-unsaturated/α-hetero) is 1. The summed E-state index contributed by atoms with van der Waals surface area (Å²) in [7, 11) is 1.58. The van der Waals surface area contributed by atoms with Gasteiger partial charge in [0.25, 0.3) is 0 Å². The first kappa shape index (κ1) is 57.9. The molecule has 59 heavy (non-hydrogen) atoms. The third-order valence-corrected chi connectivity index (χ3v) is 11.2. The standard InChI is InChI=1S/C38H72O8.C8H6O3.C2H6/c1-28(2)43-21-19-17-18-20-30(39)36(12,13)46-25-24-45-32(41)38(15,34(7,8)9)27-35(10,11)29(3)37(14,26-33(4,5)6)31(40)44-23-22-42-16;9-5-6-3-1-2-4-7(6)8(10)11;1-2/h28-29H,17-27H2,1-16H3;1-5H,(H,10,11);1-2H3. The lowest BCUT2D eigenvalue weighted by atomic mass is 9.53. The van der Waals surface area contributed by atoms with Crippen LogP contribution in [0.4, 0.5) is 0 Å². The van der Waals surface area contributed by atoms with Crippen molar-refractivity contribution < 1.29 is 52.8 Å². The number of ketones is 1. The number of unbranched alkanes of at least 4 members (excludes halogenated alkanes) is 2. The molecule has 0 amide bonds. The van der Waals surface area contributed by atoms with E-state index in [1.807, 2.05) is 41.5 Å². The summed E-state index contributed by atoms with van der Waals surface area (Å²) >= 11 is 0. The molecular formula is C48H84O11. The van der Waals surface area contributed by atoms with Crippen molar-refractivity contribution in [3.63, 3.8) is 0 Å². The number of esters is 2. The number of rotatable bonds is 24. The van der Waals surface area contributed by atoms with Crippen molar-refractivity contribution in [2.24, 2.45) is 33.0 Å². The Morgan fingerprint density at radius 3 is 1.73 bits per heavy atom. The summed E-state index contributed by atoms with van der Waals surface area (Å²) in [5.41, 5.74) is -3.35. The van der Waals surface area contributed by atoms with Crippen molar-refractivity contribution in [3.8, 4) is 0 Å². The molecular weight excluding hydrogens is 753 g/mol. The van der Waals surface area contributed by atoms with Crippen LogP contribution in [0, 0.1) is 33.0 Å². The molecule has 0 aromatic heterocycles. The molecule has 0 heterocycles. The van der Waals surface area contributed by atoms with Crippen molar-refractivity contribution in [1.82, 2.24) is 0 Å². The number of hydrogen-bond acceptors (Lipinski definition) is 10. The minimum absolute atomic E-state index is 0.0397. The van der Waals surface area contributed by atoms with Crippen molar-refractivity contribution >= 4 is 30.0 Å². The van der Waals surface area contributed by atoms with E-state index in [0.29, 0.717) is 38.8 Å². The van der Waals surface area contributed by atoms with Crippen molar-refractivity contribution in [1.29, 1.82) is 0 Å². The average molecular weight is 837 g/mol. The highest BCUT2D eigenvalue weighted by molar-refractivity contribution is 5.97. The van der Waals surface area contributed by atoms with Crippen molar-refractivity contribution in [2.75, 3.05) is 40.1 Å². The van der Waals surface area contributed by atoms with E-state index in [4.69, 9.17) is 28.8 Å². The monoisotopic (exact) mass is 837 g/mol. The Hall–Kier alpha value is -3.15. The van der Waals surface area contributed by atoms with Gasteiger partial charge >= 0.3 is 17.9 Å². The van der Waals surface area contributed by atoms with Crippen molar-refractivity contribution in [2.45, 2.75) is 168 Å². The zero-order chi connectivity index (χ0) is 46.5. The number of methoxy groups -OCH3 is 1. The summed E-state index contributed by atoms with van der Waals surface area (Å²) in [5, 5.41) is 8.54. The highest BCUT2D eigenvalue weighted by atomic mass is 16.6. The van der Waals surface area contributed by atoms with Gasteiger partial charge in [-0.3, -0.25) is 19.2 Å². The number of benzene rings is 1. The molecule has 0 saturated carbocycles. The molecule has 1 N–H and O–H groups in total. The molecule has 0 spiro atoms. The number of carbonyl (C=O) groups excluding carboxylic acids is 4. The third-order valence-electron chi connectivity index (χ3n) is 11.2. The molecule has 0 fully saturated rings. The summed E-state index contributed by atoms with van der Waals surface area (Å²) in [6, 6.07) is 6.06. The molecule has 0 aliphatic heterocycles. The molecule has 1 aromatic carbocycles. The minimum atomic E-state index is -1.08. The first-order valence-electron chi connectivity index (χ1n) is 21.4.